The van der Waals surface area contributed by atoms with Gasteiger partial charge in [0.05, 0.1) is 11.8 Å². The van der Waals surface area contributed by atoms with Crippen LogP contribution < -0.4 is 14.8 Å². The Labute approximate surface area is 190 Å². The van der Waals surface area contributed by atoms with E-state index in [2.05, 4.69) is 15.5 Å². The first kappa shape index (κ1) is 21.5. The zero-order chi connectivity index (χ0) is 21.8. The van der Waals surface area contributed by atoms with Gasteiger partial charge in [-0.25, -0.2) is 0 Å². The van der Waals surface area contributed by atoms with Gasteiger partial charge in [0.15, 0.2) is 22.5 Å². The molecule has 1 N–H and O–H groups in total. The Morgan fingerprint density at radius 1 is 1.16 bits per heavy atom. The molecule has 3 aromatic rings. The highest BCUT2D eigenvalue weighted by Crippen LogP contribution is 2.32. The quantitative estimate of drug-likeness (QED) is 0.530. The van der Waals surface area contributed by atoms with Crippen molar-refractivity contribution in [3.8, 4) is 22.9 Å². The Bertz CT molecular complexity index is 1070. The highest BCUT2D eigenvalue weighted by molar-refractivity contribution is 7.99. The maximum Gasteiger partial charge on any atom is 0.230 e. The monoisotopic (exact) mass is 458 g/mol. The summed E-state index contributed by atoms with van der Waals surface area (Å²) >= 11 is 7.34. The topological polar surface area (TPSA) is 78.3 Å². The largest absolute Gasteiger partial charge is 0.486 e. The maximum atomic E-state index is 12.5. The number of carbonyl (C=O) groups excluding carboxylic acids is 1. The van der Waals surface area contributed by atoms with Crippen LogP contribution in [-0.4, -0.2) is 39.6 Å². The highest BCUT2D eigenvalue weighted by Gasteiger charge is 2.18. The average Bonchev–Trinajstić information content (AvgIpc) is 3.20. The number of thioether (sulfide) groups is 1. The average molecular weight is 459 g/mol. The van der Waals surface area contributed by atoms with Crippen molar-refractivity contribution >= 4 is 29.3 Å². The lowest BCUT2D eigenvalue weighted by Crippen LogP contribution is -2.28. The van der Waals surface area contributed by atoms with Gasteiger partial charge in [-0.2, -0.15) is 0 Å². The molecule has 1 unspecified atom stereocenters. The van der Waals surface area contributed by atoms with Crippen molar-refractivity contribution in [2.75, 3.05) is 19.0 Å². The summed E-state index contributed by atoms with van der Waals surface area (Å²) in [6.07, 6.45) is 0. The van der Waals surface area contributed by atoms with Crippen molar-refractivity contribution in [3.05, 3.63) is 53.1 Å². The Kier molecular flexibility index (Phi) is 6.67. The first-order valence-corrected chi connectivity index (χ1v) is 11.4. The van der Waals surface area contributed by atoms with Crippen molar-refractivity contribution < 1.29 is 14.3 Å². The molecule has 31 heavy (non-hydrogen) atoms. The van der Waals surface area contributed by atoms with Crippen LogP contribution in [0.5, 0.6) is 11.5 Å². The molecule has 2 aromatic carbocycles. The van der Waals surface area contributed by atoms with Gasteiger partial charge in [0.1, 0.15) is 13.2 Å². The van der Waals surface area contributed by atoms with Gasteiger partial charge in [0, 0.05) is 17.1 Å². The number of nitrogens with zero attached hydrogens (tertiary/aromatic N) is 3. The lowest BCUT2D eigenvalue weighted by molar-refractivity contribution is -0.119. The van der Waals surface area contributed by atoms with Gasteiger partial charge in [0.25, 0.3) is 0 Å². The Hall–Kier alpha value is -2.71. The van der Waals surface area contributed by atoms with E-state index in [9.17, 15) is 4.79 Å². The molecule has 2 heterocycles. The zero-order valence-corrected chi connectivity index (χ0v) is 18.9. The summed E-state index contributed by atoms with van der Waals surface area (Å²) in [6, 6.07) is 13.1. The lowest BCUT2D eigenvalue weighted by Gasteiger charge is -2.21. The maximum absolute atomic E-state index is 12.5. The van der Waals surface area contributed by atoms with Crippen LogP contribution in [0.3, 0.4) is 0 Å². The second kappa shape index (κ2) is 9.62. The molecule has 1 amide bonds. The number of hydrogen-bond donors (Lipinski definition) is 1. The Morgan fingerprint density at radius 2 is 1.90 bits per heavy atom. The third kappa shape index (κ3) is 4.97. The predicted molar refractivity (Wildman–Crippen MR) is 121 cm³/mol. The standard InChI is InChI=1S/C22H23ClN4O3S/c1-3-27-21(15-4-7-17(23)8-5-15)25-26-22(27)31-13-20(28)24-14(2)16-6-9-18-19(12-16)30-11-10-29-18/h4-9,12,14H,3,10-11,13H2,1-2H3,(H,24,28). The summed E-state index contributed by atoms with van der Waals surface area (Å²) in [5.74, 6) is 2.37. The first-order valence-electron chi connectivity index (χ1n) is 10.1. The van der Waals surface area contributed by atoms with Crippen molar-refractivity contribution in [1.82, 2.24) is 20.1 Å². The molecule has 1 aromatic heterocycles. The van der Waals surface area contributed by atoms with Crippen LogP contribution in [0, 0.1) is 0 Å². The van der Waals surface area contributed by atoms with Gasteiger partial charge in [-0.3, -0.25) is 4.79 Å². The van der Waals surface area contributed by atoms with Gasteiger partial charge in [-0.15, -0.1) is 10.2 Å². The summed E-state index contributed by atoms with van der Waals surface area (Å²) in [7, 11) is 0. The molecule has 0 saturated carbocycles. The minimum atomic E-state index is -0.155. The van der Waals surface area contributed by atoms with E-state index in [1.165, 1.54) is 11.8 Å². The van der Waals surface area contributed by atoms with Crippen LogP contribution in [-0.2, 0) is 11.3 Å². The molecule has 1 atom stereocenters. The molecule has 7 nitrogen and oxygen atoms in total. The molecule has 4 rings (SSSR count). The fourth-order valence-electron chi connectivity index (χ4n) is 3.32. The fourth-order valence-corrected chi connectivity index (χ4v) is 4.26. The molecule has 0 radical (unpaired) electrons. The molecule has 1 aliphatic heterocycles. The minimum absolute atomic E-state index is 0.0777. The molecule has 1 aliphatic rings. The number of nitrogens with one attached hydrogen (secondary N) is 1. The van der Waals surface area contributed by atoms with Crippen molar-refractivity contribution in [2.45, 2.75) is 31.6 Å². The summed E-state index contributed by atoms with van der Waals surface area (Å²) in [5.41, 5.74) is 1.90. The third-order valence-electron chi connectivity index (χ3n) is 4.91. The molecule has 0 spiro atoms. The van der Waals surface area contributed by atoms with E-state index in [0.717, 1.165) is 22.7 Å². The SMILES string of the molecule is CCn1c(SCC(=O)NC(C)c2ccc3c(c2)OCCO3)nnc1-c1ccc(Cl)cc1. The van der Waals surface area contributed by atoms with Crippen LogP contribution in [0.4, 0.5) is 0 Å². The first-order chi connectivity index (χ1) is 15.0. The summed E-state index contributed by atoms with van der Waals surface area (Å²) in [6.45, 7) is 5.75. The normalized spacial score (nSPS) is 13.6. The zero-order valence-electron chi connectivity index (χ0n) is 17.3. The number of rotatable bonds is 7. The number of ether oxygens (including phenoxy) is 2. The number of halogens is 1. The number of amides is 1. The van der Waals surface area contributed by atoms with Crippen molar-refractivity contribution in [1.29, 1.82) is 0 Å². The summed E-state index contributed by atoms with van der Waals surface area (Å²) in [4.78, 5) is 12.5. The Balaban J connectivity index is 1.38. The predicted octanol–water partition coefficient (Wildman–Crippen LogP) is 4.36. The molecular weight excluding hydrogens is 436 g/mol. The lowest BCUT2D eigenvalue weighted by atomic mass is 10.1. The van der Waals surface area contributed by atoms with E-state index in [4.69, 9.17) is 21.1 Å². The molecule has 0 saturated heterocycles. The van der Waals surface area contributed by atoms with E-state index in [1.807, 2.05) is 60.9 Å². The van der Waals surface area contributed by atoms with E-state index in [0.29, 0.717) is 35.7 Å². The van der Waals surface area contributed by atoms with Crippen LogP contribution in [0.1, 0.15) is 25.5 Å². The van der Waals surface area contributed by atoms with Crippen LogP contribution in [0.25, 0.3) is 11.4 Å². The van der Waals surface area contributed by atoms with Crippen molar-refractivity contribution in [3.63, 3.8) is 0 Å². The fraction of sp³-hybridized carbons (Fsp3) is 0.318. The molecule has 0 aliphatic carbocycles. The summed E-state index contributed by atoms with van der Waals surface area (Å²) in [5, 5.41) is 13.0. The van der Waals surface area contributed by atoms with E-state index < -0.39 is 0 Å². The Morgan fingerprint density at radius 3 is 2.65 bits per heavy atom. The van der Waals surface area contributed by atoms with Gasteiger partial charge in [0.2, 0.25) is 5.91 Å². The van der Waals surface area contributed by atoms with Crippen LogP contribution in [0.2, 0.25) is 5.02 Å². The second-order valence-electron chi connectivity index (χ2n) is 7.04. The van der Waals surface area contributed by atoms with E-state index in [-0.39, 0.29) is 17.7 Å². The third-order valence-corrected chi connectivity index (χ3v) is 6.13. The molecule has 9 heteroatoms. The minimum Gasteiger partial charge on any atom is -0.486 e. The van der Waals surface area contributed by atoms with Crippen molar-refractivity contribution in [2.24, 2.45) is 0 Å². The van der Waals surface area contributed by atoms with Gasteiger partial charge in [-0.05, 0) is 55.8 Å². The number of aromatic nitrogens is 3. The molecule has 0 bridgehead atoms. The second-order valence-corrected chi connectivity index (χ2v) is 8.42. The smallest absolute Gasteiger partial charge is 0.230 e. The number of hydrogen-bond acceptors (Lipinski definition) is 6. The van der Waals surface area contributed by atoms with Crippen LogP contribution >= 0.6 is 23.4 Å². The number of carbonyl (C=O) groups is 1. The number of fused-ring (bicyclic) bond motifs is 1. The molecular formula is C22H23ClN4O3S. The number of benzene rings is 2. The molecule has 0 fully saturated rings. The molecule has 162 valence electrons. The van der Waals surface area contributed by atoms with Gasteiger partial charge < -0.3 is 19.4 Å². The van der Waals surface area contributed by atoms with E-state index >= 15 is 0 Å². The van der Waals surface area contributed by atoms with Crippen LogP contribution in [0.15, 0.2) is 47.6 Å². The van der Waals surface area contributed by atoms with E-state index in [1.54, 1.807) is 0 Å². The van der Waals surface area contributed by atoms with Gasteiger partial charge in [-0.1, -0.05) is 29.4 Å². The summed E-state index contributed by atoms with van der Waals surface area (Å²) < 4.78 is 13.2. The highest BCUT2D eigenvalue weighted by atomic mass is 35.5. The van der Waals surface area contributed by atoms with Gasteiger partial charge >= 0.3 is 0 Å².